The average Bonchev–Trinajstić information content (AvgIpc) is 2.82. The van der Waals surface area contributed by atoms with Gasteiger partial charge in [-0.1, -0.05) is 18.2 Å². The third kappa shape index (κ3) is 4.50. The number of hydrogen-bond donors (Lipinski definition) is 1. The molecule has 0 atom stereocenters. The van der Waals surface area contributed by atoms with Crippen LogP contribution in [0.3, 0.4) is 0 Å². The number of carbonyl (C=O) groups excluding carboxylic acids is 3. The van der Waals surface area contributed by atoms with Crippen LogP contribution in [0.1, 0.15) is 12.5 Å². The fraction of sp³-hybridized carbons (Fsp3) is 0.217. The summed E-state index contributed by atoms with van der Waals surface area (Å²) >= 11 is 5.21. The number of nitrogens with one attached hydrogen (secondary N) is 1. The second-order valence-electron chi connectivity index (χ2n) is 7.79. The molecule has 1 N–H and O–H groups in total. The summed E-state index contributed by atoms with van der Waals surface area (Å²) < 4.78 is 0. The molecule has 2 saturated heterocycles. The van der Waals surface area contributed by atoms with Crippen LogP contribution in [-0.2, 0) is 14.4 Å². The van der Waals surface area contributed by atoms with Crippen LogP contribution in [0, 0.1) is 10.1 Å². The Labute approximate surface area is 200 Å². The molecule has 174 valence electrons. The lowest BCUT2D eigenvalue weighted by molar-refractivity contribution is -0.384. The summed E-state index contributed by atoms with van der Waals surface area (Å²) in [4.78, 5) is 53.5. The normalized spacial score (nSPS) is 17.7. The molecule has 2 fully saturated rings. The number of benzene rings is 2. The third-order valence-corrected chi connectivity index (χ3v) is 5.99. The molecular weight excluding hydrogens is 458 g/mol. The fourth-order valence-electron chi connectivity index (χ4n) is 3.95. The van der Waals surface area contributed by atoms with E-state index in [1.807, 2.05) is 4.90 Å². The number of rotatable bonds is 4. The standard InChI is InChI=1S/C23H21N5O5S/c1-15(29)25-9-11-26(12-10-25)20-8-7-18(28(32)33)13-16(20)14-19-21(30)24-23(34)27(22(19)31)17-5-3-2-4-6-17/h2-8,13-14H,9-12H2,1H3,(H,24,30,34)/b19-14-. The van der Waals surface area contributed by atoms with Gasteiger partial charge in [-0.15, -0.1) is 0 Å². The Morgan fingerprint density at radius 1 is 1.09 bits per heavy atom. The van der Waals surface area contributed by atoms with Gasteiger partial charge in [0.2, 0.25) is 5.91 Å². The van der Waals surface area contributed by atoms with Crippen LogP contribution in [-0.4, -0.2) is 58.8 Å². The van der Waals surface area contributed by atoms with Gasteiger partial charge in [0, 0.05) is 56.5 Å². The number of nitrogens with zero attached hydrogens (tertiary/aromatic N) is 4. The molecule has 0 unspecified atom stereocenters. The lowest BCUT2D eigenvalue weighted by Crippen LogP contribution is -2.54. The number of nitro groups is 1. The van der Waals surface area contributed by atoms with Crippen LogP contribution in [0.5, 0.6) is 0 Å². The van der Waals surface area contributed by atoms with Crippen LogP contribution in [0.15, 0.2) is 54.1 Å². The predicted octanol–water partition coefficient (Wildman–Crippen LogP) is 2.09. The molecule has 0 aliphatic carbocycles. The van der Waals surface area contributed by atoms with Crippen molar-refractivity contribution in [1.82, 2.24) is 10.2 Å². The first kappa shape index (κ1) is 23.1. The van der Waals surface area contributed by atoms with E-state index in [0.29, 0.717) is 43.1 Å². The zero-order valence-electron chi connectivity index (χ0n) is 18.3. The summed E-state index contributed by atoms with van der Waals surface area (Å²) in [5, 5.41) is 13.9. The molecule has 2 aliphatic heterocycles. The molecule has 2 heterocycles. The second-order valence-corrected chi connectivity index (χ2v) is 8.17. The SMILES string of the molecule is CC(=O)N1CCN(c2ccc([N+](=O)[O-])cc2/C=C2/C(=O)NC(=S)N(c3ccccc3)C2=O)CC1. The minimum absolute atomic E-state index is 0.0212. The number of para-hydroxylation sites is 1. The van der Waals surface area contributed by atoms with Crippen LogP contribution >= 0.6 is 12.2 Å². The van der Waals surface area contributed by atoms with Crippen LogP contribution in [0.25, 0.3) is 6.08 Å². The molecule has 0 aromatic heterocycles. The van der Waals surface area contributed by atoms with Gasteiger partial charge in [0.25, 0.3) is 17.5 Å². The average molecular weight is 480 g/mol. The summed E-state index contributed by atoms with van der Waals surface area (Å²) in [6, 6.07) is 13.0. The lowest BCUT2D eigenvalue weighted by atomic mass is 10.0. The van der Waals surface area contributed by atoms with Crippen molar-refractivity contribution >= 4 is 58.2 Å². The summed E-state index contributed by atoms with van der Waals surface area (Å²) in [6.45, 7) is 3.52. The summed E-state index contributed by atoms with van der Waals surface area (Å²) in [5.41, 5.74) is 1.10. The van der Waals surface area contributed by atoms with Gasteiger partial charge >= 0.3 is 0 Å². The van der Waals surface area contributed by atoms with E-state index in [-0.39, 0.29) is 22.3 Å². The monoisotopic (exact) mass is 479 g/mol. The molecule has 0 spiro atoms. The highest BCUT2D eigenvalue weighted by atomic mass is 32.1. The Morgan fingerprint density at radius 2 is 1.76 bits per heavy atom. The van der Waals surface area contributed by atoms with Gasteiger partial charge in [-0.05, 0) is 36.5 Å². The van der Waals surface area contributed by atoms with E-state index >= 15 is 0 Å². The molecule has 3 amide bonds. The Bertz CT molecular complexity index is 1220. The van der Waals surface area contributed by atoms with E-state index in [1.165, 1.54) is 30.0 Å². The van der Waals surface area contributed by atoms with Crippen molar-refractivity contribution < 1.29 is 19.3 Å². The van der Waals surface area contributed by atoms with E-state index < -0.39 is 16.7 Å². The number of anilines is 2. The summed E-state index contributed by atoms with van der Waals surface area (Å²) in [5.74, 6) is -1.33. The summed E-state index contributed by atoms with van der Waals surface area (Å²) in [6.07, 6.45) is 1.36. The fourth-order valence-corrected chi connectivity index (χ4v) is 4.23. The van der Waals surface area contributed by atoms with Gasteiger partial charge in [0.15, 0.2) is 5.11 Å². The Kier molecular flexibility index (Phi) is 6.37. The van der Waals surface area contributed by atoms with E-state index in [2.05, 4.69) is 5.32 Å². The topological polar surface area (TPSA) is 116 Å². The Hall–Kier alpha value is -4.12. The van der Waals surface area contributed by atoms with Crippen molar-refractivity contribution in [2.45, 2.75) is 6.92 Å². The van der Waals surface area contributed by atoms with Gasteiger partial charge in [-0.2, -0.15) is 0 Å². The zero-order chi connectivity index (χ0) is 24.4. The van der Waals surface area contributed by atoms with Crippen molar-refractivity contribution in [2.24, 2.45) is 0 Å². The van der Waals surface area contributed by atoms with E-state index in [0.717, 1.165) is 0 Å². The number of thiocarbonyl (C=S) groups is 1. The highest BCUT2D eigenvalue weighted by molar-refractivity contribution is 7.80. The van der Waals surface area contributed by atoms with Crippen LogP contribution in [0.4, 0.5) is 17.1 Å². The highest BCUT2D eigenvalue weighted by Crippen LogP contribution is 2.30. The second kappa shape index (κ2) is 9.40. The van der Waals surface area contributed by atoms with E-state index in [9.17, 15) is 24.5 Å². The highest BCUT2D eigenvalue weighted by Gasteiger charge is 2.35. The van der Waals surface area contributed by atoms with Gasteiger partial charge in [-0.3, -0.25) is 34.7 Å². The van der Waals surface area contributed by atoms with E-state index in [4.69, 9.17) is 12.2 Å². The van der Waals surface area contributed by atoms with Crippen LogP contribution in [0.2, 0.25) is 0 Å². The first-order valence-corrected chi connectivity index (χ1v) is 10.9. The number of piperazine rings is 1. The molecular formula is C23H21N5O5S. The summed E-state index contributed by atoms with van der Waals surface area (Å²) in [7, 11) is 0. The Balaban J connectivity index is 1.74. The maximum atomic E-state index is 13.3. The van der Waals surface area contributed by atoms with Crippen LogP contribution < -0.4 is 15.1 Å². The maximum absolute atomic E-state index is 13.3. The maximum Gasteiger partial charge on any atom is 0.270 e. The first-order valence-electron chi connectivity index (χ1n) is 10.5. The molecule has 11 heteroatoms. The molecule has 0 radical (unpaired) electrons. The van der Waals surface area contributed by atoms with Crippen molar-refractivity contribution in [3.63, 3.8) is 0 Å². The van der Waals surface area contributed by atoms with Crippen molar-refractivity contribution in [3.8, 4) is 0 Å². The van der Waals surface area contributed by atoms with Gasteiger partial charge in [0.1, 0.15) is 5.57 Å². The smallest absolute Gasteiger partial charge is 0.270 e. The predicted molar refractivity (Wildman–Crippen MR) is 130 cm³/mol. The van der Waals surface area contributed by atoms with Gasteiger partial charge in [0.05, 0.1) is 10.6 Å². The zero-order valence-corrected chi connectivity index (χ0v) is 19.1. The molecule has 2 aromatic rings. The molecule has 0 saturated carbocycles. The first-order chi connectivity index (χ1) is 16.3. The number of carbonyl (C=O) groups is 3. The number of hydrogen-bond acceptors (Lipinski definition) is 7. The van der Waals surface area contributed by atoms with Gasteiger partial charge < -0.3 is 9.80 Å². The van der Waals surface area contributed by atoms with E-state index in [1.54, 1.807) is 41.3 Å². The molecule has 4 rings (SSSR count). The number of amides is 3. The molecule has 0 bridgehead atoms. The van der Waals surface area contributed by atoms with Crippen molar-refractivity contribution in [2.75, 3.05) is 36.0 Å². The minimum Gasteiger partial charge on any atom is -0.367 e. The minimum atomic E-state index is -0.680. The van der Waals surface area contributed by atoms with Crippen molar-refractivity contribution in [3.05, 3.63) is 69.8 Å². The Morgan fingerprint density at radius 3 is 2.38 bits per heavy atom. The quantitative estimate of drug-likeness (QED) is 0.235. The number of nitro benzene ring substituents is 1. The van der Waals surface area contributed by atoms with Crippen molar-refractivity contribution in [1.29, 1.82) is 0 Å². The van der Waals surface area contributed by atoms with Gasteiger partial charge in [-0.25, -0.2) is 0 Å². The lowest BCUT2D eigenvalue weighted by Gasteiger charge is -2.36. The molecule has 34 heavy (non-hydrogen) atoms. The molecule has 2 aromatic carbocycles. The molecule has 10 nitrogen and oxygen atoms in total. The molecule has 2 aliphatic rings. The third-order valence-electron chi connectivity index (χ3n) is 5.70. The number of non-ortho nitro benzene ring substituents is 1. The largest absolute Gasteiger partial charge is 0.367 e.